The molecule has 6 heteroatoms. The topological polar surface area (TPSA) is 66.9 Å². The predicted octanol–water partition coefficient (Wildman–Crippen LogP) is 2.04. The number of hydrogen-bond donors (Lipinski definition) is 2. The minimum atomic E-state index is -0.406. The van der Waals surface area contributed by atoms with Gasteiger partial charge in [0.05, 0.1) is 0 Å². The van der Waals surface area contributed by atoms with Crippen LogP contribution in [0.2, 0.25) is 0 Å². The van der Waals surface area contributed by atoms with Crippen LogP contribution in [0.3, 0.4) is 0 Å². The highest BCUT2D eigenvalue weighted by Gasteiger charge is 2.17. The number of carbonyl (C=O) groups excluding carboxylic acids is 1. The van der Waals surface area contributed by atoms with E-state index in [1.165, 1.54) is 4.68 Å². The molecule has 0 bridgehead atoms. The number of amides is 1. The van der Waals surface area contributed by atoms with Crippen LogP contribution in [-0.2, 0) is 7.05 Å². The van der Waals surface area contributed by atoms with Crippen molar-refractivity contribution >= 4 is 27.5 Å². The van der Waals surface area contributed by atoms with Crippen LogP contribution in [0.5, 0.6) is 0 Å². The summed E-state index contributed by atoms with van der Waals surface area (Å²) in [6.07, 6.45) is 0. The van der Waals surface area contributed by atoms with E-state index in [0.29, 0.717) is 11.4 Å². The first kappa shape index (κ1) is 12.6. The molecule has 2 N–H and O–H groups in total. The lowest BCUT2D eigenvalue weighted by Gasteiger charge is -2.03. The van der Waals surface area contributed by atoms with Gasteiger partial charge >= 0.3 is 0 Å². The number of rotatable bonds is 2. The second-order valence-electron chi connectivity index (χ2n) is 3.94. The Kier molecular flexibility index (Phi) is 3.38. The van der Waals surface area contributed by atoms with Gasteiger partial charge in [-0.3, -0.25) is 19.4 Å². The molecule has 0 aliphatic rings. The molecule has 0 aliphatic carbocycles. The van der Waals surface area contributed by atoms with Crippen molar-refractivity contribution in [1.82, 2.24) is 9.78 Å². The average molecular weight is 310 g/mol. The monoisotopic (exact) mass is 309 g/mol. The minimum Gasteiger partial charge on any atom is -0.322 e. The molecule has 0 fully saturated rings. The number of aromatic nitrogens is 2. The van der Waals surface area contributed by atoms with Gasteiger partial charge in [0.1, 0.15) is 5.56 Å². The van der Waals surface area contributed by atoms with Crippen LogP contribution in [0.15, 0.2) is 33.5 Å². The standard InChI is InChI=1S/C12H12BrN3O2/c1-7-10(12(18)16(2)15-7)11(17)14-9-5-3-8(13)4-6-9/h3-6,15H,1-2H3,(H,14,17). The van der Waals surface area contributed by atoms with Gasteiger partial charge in [0.25, 0.3) is 11.5 Å². The lowest BCUT2D eigenvalue weighted by atomic mass is 10.2. The molecule has 0 saturated carbocycles. The van der Waals surface area contributed by atoms with Crippen molar-refractivity contribution in [1.29, 1.82) is 0 Å². The van der Waals surface area contributed by atoms with E-state index in [9.17, 15) is 9.59 Å². The highest BCUT2D eigenvalue weighted by atomic mass is 79.9. The van der Waals surface area contributed by atoms with E-state index >= 15 is 0 Å². The average Bonchev–Trinajstić information content (AvgIpc) is 2.56. The van der Waals surface area contributed by atoms with Crippen molar-refractivity contribution < 1.29 is 4.79 Å². The van der Waals surface area contributed by atoms with Crippen LogP contribution in [0.4, 0.5) is 5.69 Å². The number of aromatic amines is 1. The maximum atomic E-state index is 12.0. The third kappa shape index (κ3) is 2.38. The van der Waals surface area contributed by atoms with Crippen LogP contribution < -0.4 is 10.9 Å². The van der Waals surface area contributed by atoms with E-state index in [0.717, 1.165) is 4.47 Å². The summed E-state index contributed by atoms with van der Waals surface area (Å²) in [6, 6.07) is 7.15. The quantitative estimate of drug-likeness (QED) is 0.891. The Labute approximate surface area is 112 Å². The smallest absolute Gasteiger partial charge is 0.279 e. The van der Waals surface area contributed by atoms with Crippen molar-refractivity contribution in [2.24, 2.45) is 7.05 Å². The number of benzene rings is 1. The number of carbonyl (C=O) groups is 1. The first-order chi connectivity index (χ1) is 8.49. The fourth-order valence-corrected chi connectivity index (χ4v) is 1.94. The van der Waals surface area contributed by atoms with Gasteiger partial charge in [-0.2, -0.15) is 0 Å². The number of nitrogens with zero attached hydrogens (tertiary/aromatic N) is 1. The number of halogens is 1. The van der Waals surface area contributed by atoms with Crippen molar-refractivity contribution in [3.05, 3.63) is 50.3 Å². The molecule has 0 spiro atoms. The molecule has 0 aliphatic heterocycles. The predicted molar refractivity (Wildman–Crippen MR) is 72.9 cm³/mol. The van der Waals surface area contributed by atoms with Gasteiger partial charge in [0.2, 0.25) is 0 Å². The molecule has 18 heavy (non-hydrogen) atoms. The summed E-state index contributed by atoms with van der Waals surface area (Å²) < 4.78 is 2.21. The van der Waals surface area contributed by atoms with Crippen molar-refractivity contribution in [2.45, 2.75) is 6.92 Å². The molecular formula is C12H12BrN3O2. The van der Waals surface area contributed by atoms with E-state index in [1.54, 1.807) is 26.1 Å². The lowest BCUT2D eigenvalue weighted by molar-refractivity contribution is 0.102. The number of H-pyrrole nitrogens is 1. The van der Waals surface area contributed by atoms with E-state index < -0.39 is 5.91 Å². The number of anilines is 1. The molecule has 94 valence electrons. The number of nitrogens with one attached hydrogen (secondary N) is 2. The van der Waals surface area contributed by atoms with Crippen molar-refractivity contribution in [3.63, 3.8) is 0 Å². The summed E-state index contributed by atoms with van der Waals surface area (Å²) in [4.78, 5) is 23.7. The zero-order valence-electron chi connectivity index (χ0n) is 9.95. The Hall–Kier alpha value is -1.82. The summed E-state index contributed by atoms with van der Waals surface area (Å²) in [7, 11) is 1.58. The van der Waals surface area contributed by atoms with Gasteiger partial charge in [0.15, 0.2) is 0 Å². The molecule has 1 aromatic heterocycles. The van der Waals surface area contributed by atoms with Gasteiger partial charge in [0, 0.05) is 22.9 Å². The third-order valence-electron chi connectivity index (χ3n) is 2.56. The fourth-order valence-electron chi connectivity index (χ4n) is 1.68. The SMILES string of the molecule is Cc1[nH]n(C)c(=O)c1C(=O)Nc1ccc(Br)cc1. The molecule has 0 saturated heterocycles. The Morgan fingerprint density at radius 3 is 2.44 bits per heavy atom. The molecule has 0 atom stereocenters. The molecule has 5 nitrogen and oxygen atoms in total. The summed E-state index contributed by atoms with van der Waals surface area (Å²) in [5.41, 5.74) is 1.01. The van der Waals surface area contributed by atoms with Crippen LogP contribution in [0, 0.1) is 6.92 Å². The highest BCUT2D eigenvalue weighted by Crippen LogP contribution is 2.14. The second-order valence-corrected chi connectivity index (χ2v) is 4.85. The summed E-state index contributed by atoms with van der Waals surface area (Å²) >= 11 is 3.31. The maximum Gasteiger partial charge on any atom is 0.279 e. The summed E-state index contributed by atoms with van der Waals surface area (Å²) in [5, 5.41) is 5.47. The molecule has 1 heterocycles. The molecule has 1 amide bonds. The third-order valence-corrected chi connectivity index (χ3v) is 3.09. The van der Waals surface area contributed by atoms with Crippen molar-refractivity contribution in [2.75, 3.05) is 5.32 Å². The molecule has 1 aromatic carbocycles. The Balaban J connectivity index is 2.27. The van der Waals surface area contributed by atoms with Gasteiger partial charge in [-0.05, 0) is 31.2 Å². The maximum absolute atomic E-state index is 12.0. The van der Waals surface area contributed by atoms with Gasteiger partial charge in [-0.15, -0.1) is 0 Å². The first-order valence-corrected chi connectivity index (χ1v) is 6.11. The lowest BCUT2D eigenvalue weighted by Crippen LogP contribution is -2.23. The van der Waals surface area contributed by atoms with Crippen LogP contribution in [-0.4, -0.2) is 15.7 Å². The van der Waals surface area contributed by atoms with Crippen LogP contribution in [0.1, 0.15) is 16.1 Å². The molecular weight excluding hydrogens is 298 g/mol. The molecule has 2 rings (SSSR count). The van der Waals surface area contributed by atoms with Crippen LogP contribution >= 0.6 is 15.9 Å². The van der Waals surface area contributed by atoms with Crippen LogP contribution in [0.25, 0.3) is 0 Å². The van der Waals surface area contributed by atoms with E-state index in [4.69, 9.17) is 0 Å². The first-order valence-electron chi connectivity index (χ1n) is 5.31. The summed E-state index contributed by atoms with van der Waals surface area (Å²) in [5.74, 6) is -0.406. The highest BCUT2D eigenvalue weighted by molar-refractivity contribution is 9.10. The van der Waals surface area contributed by atoms with Gasteiger partial charge < -0.3 is 5.32 Å². The Morgan fingerprint density at radius 2 is 1.94 bits per heavy atom. The summed E-state index contributed by atoms with van der Waals surface area (Å²) in [6.45, 7) is 1.69. The molecule has 0 unspecified atom stereocenters. The Bertz CT molecular complexity index is 640. The van der Waals surface area contributed by atoms with Gasteiger partial charge in [-0.1, -0.05) is 15.9 Å². The largest absolute Gasteiger partial charge is 0.322 e. The van der Waals surface area contributed by atoms with E-state index in [2.05, 4.69) is 26.3 Å². The van der Waals surface area contributed by atoms with E-state index in [1.807, 2.05) is 12.1 Å². The van der Waals surface area contributed by atoms with Gasteiger partial charge in [-0.25, -0.2) is 0 Å². The zero-order valence-corrected chi connectivity index (χ0v) is 11.5. The Morgan fingerprint density at radius 1 is 1.33 bits per heavy atom. The number of hydrogen-bond acceptors (Lipinski definition) is 2. The molecule has 2 aromatic rings. The molecule has 0 radical (unpaired) electrons. The fraction of sp³-hybridized carbons (Fsp3) is 0.167. The zero-order chi connectivity index (χ0) is 13.3. The number of aryl methyl sites for hydroxylation is 2. The van der Waals surface area contributed by atoms with E-state index in [-0.39, 0.29) is 11.1 Å². The normalized spacial score (nSPS) is 10.4. The van der Waals surface area contributed by atoms with Crippen molar-refractivity contribution in [3.8, 4) is 0 Å². The second kappa shape index (κ2) is 4.81. The minimum absolute atomic E-state index is 0.139.